The first-order chi connectivity index (χ1) is 9.34. The van der Waals surface area contributed by atoms with E-state index in [0.717, 1.165) is 28.0 Å². The van der Waals surface area contributed by atoms with Crippen LogP contribution in [0.3, 0.4) is 0 Å². The van der Waals surface area contributed by atoms with Gasteiger partial charge in [-0.1, -0.05) is 30.3 Å². The normalized spacial score (nSPS) is 19.0. The number of hydrogen-bond donors (Lipinski definition) is 1. The van der Waals surface area contributed by atoms with Crippen molar-refractivity contribution in [3.8, 4) is 11.4 Å². The van der Waals surface area contributed by atoms with Gasteiger partial charge in [0.15, 0.2) is 10.6 Å². The average molecular weight is 271 g/mol. The second kappa shape index (κ2) is 4.30. The summed E-state index contributed by atoms with van der Waals surface area (Å²) in [6, 6.07) is 10.9. The highest BCUT2D eigenvalue weighted by atomic mass is 32.1. The van der Waals surface area contributed by atoms with Gasteiger partial charge in [-0.3, -0.25) is 9.67 Å². The van der Waals surface area contributed by atoms with Crippen molar-refractivity contribution in [2.45, 2.75) is 31.7 Å². The topological polar surface area (TPSA) is 33.6 Å². The van der Waals surface area contributed by atoms with Gasteiger partial charge >= 0.3 is 0 Å². The molecule has 1 N–H and O–H groups in total. The maximum Gasteiger partial charge on any atom is 0.195 e. The average Bonchev–Trinajstić information content (AvgIpc) is 3.33. The van der Waals surface area contributed by atoms with E-state index in [9.17, 15) is 0 Å². The molecule has 2 aliphatic rings. The Morgan fingerprint density at radius 2 is 1.74 bits per heavy atom. The molecule has 1 heterocycles. The van der Waals surface area contributed by atoms with E-state index in [1.807, 2.05) is 6.07 Å². The van der Waals surface area contributed by atoms with Crippen LogP contribution in [0.1, 0.15) is 31.7 Å². The van der Waals surface area contributed by atoms with Gasteiger partial charge in [0.25, 0.3) is 0 Å². The van der Waals surface area contributed by atoms with Gasteiger partial charge in [-0.25, -0.2) is 0 Å². The van der Waals surface area contributed by atoms with Gasteiger partial charge in [0.05, 0.1) is 0 Å². The van der Waals surface area contributed by atoms with E-state index in [2.05, 4.69) is 39.0 Å². The van der Waals surface area contributed by atoms with Gasteiger partial charge in [-0.05, 0) is 49.7 Å². The summed E-state index contributed by atoms with van der Waals surface area (Å²) < 4.78 is 3.07. The van der Waals surface area contributed by atoms with Crippen LogP contribution < -0.4 is 0 Å². The van der Waals surface area contributed by atoms with Crippen molar-refractivity contribution in [3.63, 3.8) is 0 Å². The van der Waals surface area contributed by atoms with E-state index < -0.39 is 0 Å². The molecule has 3 nitrogen and oxygen atoms in total. The van der Waals surface area contributed by atoms with Crippen LogP contribution in [-0.4, -0.2) is 14.8 Å². The fourth-order valence-electron chi connectivity index (χ4n) is 3.05. The summed E-state index contributed by atoms with van der Waals surface area (Å²) in [4.78, 5) is 0. The number of benzene rings is 1. The third-order valence-electron chi connectivity index (χ3n) is 4.24. The molecule has 0 aliphatic heterocycles. The van der Waals surface area contributed by atoms with Gasteiger partial charge in [-0.15, -0.1) is 0 Å². The van der Waals surface area contributed by atoms with Crippen LogP contribution in [-0.2, 0) is 0 Å². The van der Waals surface area contributed by atoms with E-state index in [0.29, 0.717) is 6.04 Å². The number of rotatable bonds is 4. The minimum atomic E-state index is 0.571. The van der Waals surface area contributed by atoms with Crippen LogP contribution in [0.4, 0.5) is 0 Å². The van der Waals surface area contributed by atoms with E-state index >= 15 is 0 Å². The molecule has 0 saturated heterocycles. The Bertz CT molecular complexity index is 623. The Labute approximate surface area is 117 Å². The summed E-state index contributed by atoms with van der Waals surface area (Å²) in [7, 11) is 0. The summed E-state index contributed by atoms with van der Waals surface area (Å²) in [5.74, 6) is 2.65. The molecule has 4 heteroatoms. The predicted octanol–water partition coefficient (Wildman–Crippen LogP) is 3.97. The van der Waals surface area contributed by atoms with E-state index in [-0.39, 0.29) is 0 Å². The summed E-state index contributed by atoms with van der Waals surface area (Å²) in [6.07, 6.45) is 5.40. The molecule has 1 aromatic heterocycles. The Kier molecular flexibility index (Phi) is 2.58. The molecule has 2 aromatic rings. The van der Waals surface area contributed by atoms with Crippen LogP contribution >= 0.6 is 12.2 Å². The second-order valence-corrected chi connectivity index (χ2v) is 6.14. The summed E-state index contributed by atoms with van der Waals surface area (Å²) in [5.41, 5.74) is 1.15. The molecule has 4 rings (SSSR count). The Morgan fingerprint density at radius 1 is 1.11 bits per heavy atom. The van der Waals surface area contributed by atoms with Gasteiger partial charge in [-0.2, -0.15) is 5.10 Å². The molecule has 1 aromatic carbocycles. The maximum absolute atomic E-state index is 5.49. The molecule has 0 unspecified atom stereocenters. The molecule has 98 valence electrons. The highest BCUT2D eigenvalue weighted by Crippen LogP contribution is 2.52. The minimum absolute atomic E-state index is 0.571. The number of hydrogen-bond acceptors (Lipinski definition) is 2. The van der Waals surface area contributed by atoms with Gasteiger partial charge < -0.3 is 0 Å². The third-order valence-corrected chi connectivity index (χ3v) is 4.53. The summed E-state index contributed by atoms with van der Waals surface area (Å²) in [5, 5.41) is 7.47. The zero-order valence-corrected chi connectivity index (χ0v) is 11.6. The van der Waals surface area contributed by atoms with Crippen molar-refractivity contribution in [1.29, 1.82) is 0 Å². The highest BCUT2D eigenvalue weighted by Gasteiger charge is 2.43. The van der Waals surface area contributed by atoms with Crippen molar-refractivity contribution < 1.29 is 0 Å². The molecule has 19 heavy (non-hydrogen) atoms. The van der Waals surface area contributed by atoms with E-state index in [1.54, 1.807) is 0 Å². The number of H-pyrrole nitrogens is 1. The Hall–Kier alpha value is -1.42. The second-order valence-electron chi connectivity index (χ2n) is 5.75. The maximum atomic E-state index is 5.49. The smallest absolute Gasteiger partial charge is 0.195 e. The van der Waals surface area contributed by atoms with Crippen LogP contribution in [0, 0.1) is 16.6 Å². The molecule has 0 atom stereocenters. The first kappa shape index (κ1) is 11.4. The Balaban J connectivity index is 1.82. The van der Waals surface area contributed by atoms with Gasteiger partial charge in [0, 0.05) is 11.6 Å². The quantitative estimate of drug-likeness (QED) is 0.854. The van der Waals surface area contributed by atoms with Crippen LogP contribution in [0.25, 0.3) is 11.4 Å². The largest absolute Gasteiger partial charge is 0.296 e. The fraction of sp³-hybridized carbons (Fsp3) is 0.467. The van der Waals surface area contributed by atoms with E-state index in [4.69, 9.17) is 12.2 Å². The van der Waals surface area contributed by atoms with E-state index in [1.165, 1.54) is 25.7 Å². The lowest BCUT2D eigenvalue weighted by Crippen LogP contribution is -2.15. The Morgan fingerprint density at radius 3 is 2.32 bits per heavy atom. The molecular formula is C15H17N3S. The van der Waals surface area contributed by atoms with Crippen molar-refractivity contribution in [2.24, 2.45) is 11.8 Å². The van der Waals surface area contributed by atoms with Crippen molar-refractivity contribution in [3.05, 3.63) is 35.1 Å². The molecule has 2 aliphatic carbocycles. The molecule has 0 spiro atoms. The van der Waals surface area contributed by atoms with Gasteiger partial charge in [0.2, 0.25) is 0 Å². The number of nitrogens with one attached hydrogen (secondary N) is 1. The predicted molar refractivity (Wildman–Crippen MR) is 77.3 cm³/mol. The zero-order chi connectivity index (χ0) is 12.8. The lowest BCUT2D eigenvalue weighted by molar-refractivity contribution is 0.393. The standard InChI is InChI=1S/C15H17N3S/c19-15-17-16-14(12-4-2-1-3-5-12)18(15)13(10-6-7-10)11-8-9-11/h1-5,10-11,13H,6-9H2,(H,17,19). The lowest BCUT2D eigenvalue weighted by atomic mass is 10.1. The monoisotopic (exact) mass is 271 g/mol. The number of aromatic nitrogens is 3. The highest BCUT2D eigenvalue weighted by molar-refractivity contribution is 7.71. The molecule has 0 amide bonds. The molecule has 0 radical (unpaired) electrons. The minimum Gasteiger partial charge on any atom is -0.296 e. The SMILES string of the molecule is S=c1[nH]nc(-c2ccccc2)n1C(C1CC1)C1CC1. The third kappa shape index (κ3) is 2.04. The molecule has 2 fully saturated rings. The molecular weight excluding hydrogens is 254 g/mol. The number of aromatic amines is 1. The summed E-state index contributed by atoms with van der Waals surface area (Å²) in [6.45, 7) is 0. The first-order valence-electron chi connectivity index (χ1n) is 7.07. The fourth-order valence-corrected chi connectivity index (χ4v) is 3.31. The van der Waals surface area contributed by atoms with Crippen molar-refractivity contribution in [2.75, 3.05) is 0 Å². The van der Waals surface area contributed by atoms with Crippen LogP contribution in [0.2, 0.25) is 0 Å². The van der Waals surface area contributed by atoms with Crippen LogP contribution in [0.5, 0.6) is 0 Å². The lowest BCUT2D eigenvalue weighted by Gasteiger charge is -2.19. The van der Waals surface area contributed by atoms with Crippen molar-refractivity contribution in [1.82, 2.24) is 14.8 Å². The van der Waals surface area contributed by atoms with Crippen molar-refractivity contribution >= 4 is 12.2 Å². The van der Waals surface area contributed by atoms with Crippen LogP contribution in [0.15, 0.2) is 30.3 Å². The first-order valence-corrected chi connectivity index (χ1v) is 7.48. The van der Waals surface area contributed by atoms with Gasteiger partial charge in [0.1, 0.15) is 0 Å². The zero-order valence-electron chi connectivity index (χ0n) is 10.7. The molecule has 0 bridgehead atoms. The molecule has 2 saturated carbocycles. The summed E-state index contributed by atoms with van der Waals surface area (Å²) >= 11 is 5.49. The number of nitrogens with zero attached hydrogens (tertiary/aromatic N) is 2.